The van der Waals surface area contributed by atoms with Crippen LogP contribution in [0.1, 0.15) is 38.4 Å². The van der Waals surface area contributed by atoms with Crippen molar-refractivity contribution in [2.45, 2.75) is 38.6 Å². The average Bonchev–Trinajstić information content (AvgIpc) is 2.72. The first-order valence-electron chi connectivity index (χ1n) is 6.46. The number of allylic oxidation sites excluding steroid dienone is 1. The van der Waals surface area contributed by atoms with Gasteiger partial charge in [-0.2, -0.15) is 0 Å². The summed E-state index contributed by atoms with van der Waals surface area (Å²) in [7, 11) is 0. The molecule has 1 aliphatic heterocycles. The Morgan fingerprint density at radius 1 is 1.47 bits per heavy atom. The molecule has 104 valence electrons. The molecule has 1 fully saturated rings. The minimum atomic E-state index is -0.678. The molecule has 0 saturated carbocycles. The lowest BCUT2D eigenvalue weighted by atomic mass is 10.1. The Balaban J connectivity index is 2.07. The molecule has 0 N–H and O–H groups in total. The maximum absolute atomic E-state index is 13.8. The van der Waals surface area contributed by atoms with E-state index in [1.54, 1.807) is 12.1 Å². The Morgan fingerprint density at radius 2 is 2.26 bits per heavy atom. The van der Waals surface area contributed by atoms with Crippen molar-refractivity contribution >= 4 is 11.6 Å². The van der Waals surface area contributed by atoms with Crippen LogP contribution in [0.2, 0.25) is 5.02 Å². The number of rotatable bonds is 4. The van der Waals surface area contributed by atoms with Gasteiger partial charge in [-0.05, 0) is 25.5 Å². The van der Waals surface area contributed by atoms with Crippen molar-refractivity contribution in [3.8, 4) is 0 Å². The molecule has 4 heteroatoms. The number of halogens is 2. The van der Waals surface area contributed by atoms with E-state index in [1.165, 1.54) is 6.07 Å². The van der Waals surface area contributed by atoms with Gasteiger partial charge >= 0.3 is 0 Å². The summed E-state index contributed by atoms with van der Waals surface area (Å²) in [5.41, 5.74) is 0.493. The molecule has 19 heavy (non-hydrogen) atoms. The van der Waals surface area contributed by atoms with E-state index in [0.29, 0.717) is 23.6 Å². The van der Waals surface area contributed by atoms with Crippen LogP contribution in [0.15, 0.2) is 30.4 Å². The van der Waals surface area contributed by atoms with Crippen LogP contribution in [-0.4, -0.2) is 12.4 Å². The normalized spacial score (nSPS) is 27.3. The zero-order chi connectivity index (χ0) is 13.9. The third-order valence-corrected chi connectivity index (χ3v) is 3.37. The van der Waals surface area contributed by atoms with E-state index < -0.39 is 5.79 Å². The standard InChI is InChI=1S/C15H18ClFO2/c1-3-4-5-8-15(2)18-10-14(19-15)12-7-6-11(16)9-13(12)17/h4-7,9,14H,3,8,10H2,1-2H3/b5-4-. The summed E-state index contributed by atoms with van der Waals surface area (Å²) in [5, 5.41) is 0.383. The largest absolute Gasteiger partial charge is 0.347 e. The van der Waals surface area contributed by atoms with Crippen LogP contribution in [0.25, 0.3) is 0 Å². The number of hydrogen-bond donors (Lipinski definition) is 0. The van der Waals surface area contributed by atoms with Gasteiger partial charge < -0.3 is 9.47 Å². The molecule has 0 aliphatic carbocycles. The maximum Gasteiger partial charge on any atom is 0.170 e. The molecule has 0 spiro atoms. The summed E-state index contributed by atoms with van der Waals surface area (Å²) in [6, 6.07) is 4.61. The first kappa shape index (κ1) is 14.5. The fraction of sp³-hybridized carbons (Fsp3) is 0.467. The van der Waals surface area contributed by atoms with Gasteiger partial charge in [0.2, 0.25) is 0 Å². The molecule has 0 aromatic heterocycles. The van der Waals surface area contributed by atoms with E-state index in [9.17, 15) is 4.39 Å². The third-order valence-electron chi connectivity index (χ3n) is 3.13. The SMILES string of the molecule is CC/C=C\CC1(C)OCC(c2ccc(Cl)cc2F)O1. The van der Waals surface area contributed by atoms with Gasteiger partial charge in [-0.3, -0.25) is 0 Å². The van der Waals surface area contributed by atoms with Crippen molar-refractivity contribution in [3.63, 3.8) is 0 Å². The van der Waals surface area contributed by atoms with Gasteiger partial charge in [0.1, 0.15) is 11.9 Å². The monoisotopic (exact) mass is 284 g/mol. The Hall–Kier alpha value is -0.900. The summed E-state index contributed by atoms with van der Waals surface area (Å²) in [6.45, 7) is 4.30. The fourth-order valence-electron chi connectivity index (χ4n) is 2.11. The lowest BCUT2D eigenvalue weighted by Crippen LogP contribution is -2.24. The van der Waals surface area contributed by atoms with E-state index in [4.69, 9.17) is 21.1 Å². The van der Waals surface area contributed by atoms with E-state index >= 15 is 0 Å². The van der Waals surface area contributed by atoms with Gasteiger partial charge in [-0.1, -0.05) is 36.7 Å². The second-order valence-electron chi connectivity index (χ2n) is 4.80. The zero-order valence-corrected chi connectivity index (χ0v) is 11.9. The van der Waals surface area contributed by atoms with E-state index in [1.807, 2.05) is 13.0 Å². The van der Waals surface area contributed by atoms with Crippen LogP contribution in [-0.2, 0) is 9.47 Å². The van der Waals surface area contributed by atoms with Crippen LogP contribution in [0, 0.1) is 5.82 Å². The quantitative estimate of drug-likeness (QED) is 0.750. The average molecular weight is 285 g/mol. The summed E-state index contributed by atoms with van der Waals surface area (Å²) in [4.78, 5) is 0. The van der Waals surface area contributed by atoms with E-state index in [-0.39, 0.29) is 11.9 Å². The Kier molecular flexibility index (Phi) is 4.61. The molecule has 1 aromatic carbocycles. The van der Waals surface area contributed by atoms with Crippen LogP contribution in [0.5, 0.6) is 0 Å². The summed E-state index contributed by atoms with van der Waals surface area (Å²) < 4.78 is 25.3. The summed E-state index contributed by atoms with van der Waals surface area (Å²) in [5.74, 6) is -1.03. The second kappa shape index (κ2) is 6.04. The maximum atomic E-state index is 13.8. The molecule has 0 bridgehead atoms. The topological polar surface area (TPSA) is 18.5 Å². The van der Waals surface area contributed by atoms with Crippen molar-refractivity contribution in [1.29, 1.82) is 0 Å². The highest BCUT2D eigenvalue weighted by molar-refractivity contribution is 6.30. The molecule has 1 aliphatic rings. The lowest BCUT2D eigenvalue weighted by Gasteiger charge is -2.21. The molecule has 0 radical (unpaired) electrons. The van der Waals surface area contributed by atoms with Crippen molar-refractivity contribution in [1.82, 2.24) is 0 Å². The van der Waals surface area contributed by atoms with E-state index in [0.717, 1.165) is 6.42 Å². The minimum absolute atomic E-state index is 0.352. The molecular formula is C15H18ClFO2. The summed E-state index contributed by atoms with van der Waals surface area (Å²) in [6.07, 6.45) is 5.35. The van der Waals surface area contributed by atoms with Gasteiger partial charge in [0, 0.05) is 17.0 Å². The number of hydrogen-bond acceptors (Lipinski definition) is 2. The molecule has 2 rings (SSSR count). The van der Waals surface area contributed by atoms with Gasteiger partial charge in [0.15, 0.2) is 5.79 Å². The van der Waals surface area contributed by atoms with Crippen molar-refractivity contribution < 1.29 is 13.9 Å². The number of benzene rings is 1. The van der Waals surface area contributed by atoms with Gasteiger partial charge in [0.25, 0.3) is 0 Å². The molecule has 2 atom stereocenters. The highest BCUT2D eigenvalue weighted by atomic mass is 35.5. The molecular weight excluding hydrogens is 267 g/mol. The zero-order valence-electron chi connectivity index (χ0n) is 11.2. The summed E-state index contributed by atoms with van der Waals surface area (Å²) >= 11 is 5.74. The Bertz CT molecular complexity index is 475. The van der Waals surface area contributed by atoms with Gasteiger partial charge in [-0.25, -0.2) is 4.39 Å². The van der Waals surface area contributed by atoms with Crippen molar-refractivity contribution in [2.75, 3.05) is 6.61 Å². The highest BCUT2D eigenvalue weighted by Gasteiger charge is 2.37. The van der Waals surface area contributed by atoms with Gasteiger partial charge in [-0.15, -0.1) is 0 Å². The Labute approximate surface area is 118 Å². The van der Waals surface area contributed by atoms with Crippen LogP contribution in [0.4, 0.5) is 4.39 Å². The predicted octanol–water partition coefficient (Wildman–Crippen LogP) is 4.64. The second-order valence-corrected chi connectivity index (χ2v) is 5.24. The lowest BCUT2D eigenvalue weighted by molar-refractivity contribution is -0.151. The first-order valence-corrected chi connectivity index (χ1v) is 6.83. The fourth-order valence-corrected chi connectivity index (χ4v) is 2.27. The predicted molar refractivity (Wildman–Crippen MR) is 73.6 cm³/mol. The molecule has 1 heterocycles. The third kappa shape index (κ3) is 3.56. The van der Waals surface area contributed by atoms with Crippen molar-refractivity contribution in [2.24, 2.45) is 0 Å². The molecule has 2 unspecified atom stereocenters. The van der Waals surface area contributed by atoms with Crippen LogP contribution >= 0.6 is 11.6 Å². The van der Waals surface area contributed by atoms with Crippen molar-refractivity contribution in [3.05, 3.63) is 46.8 Å². The smallest absolute Gasteiger partial charge is 0.170 e. The minimum Gasteiger partial charge on any atom is -0.347 e. The molecule has 1 aromatic rings. The first-order chi connectivity index (χ1) is 9.04. The van der Waals surface area contributed by atoms with Crippen LogP contribution in [0.3, 0.4) is 0 Å². The molecule has 0 amide bonds. The Morgan fingerprint density at radius 3 is 2.95 bits per heavy atom. The number of ether oxygens (including phenoxy) is 2. The van der Waals surface area contributed by atoms with Gasteiger partial charge in [0.05, 0.1) is 6.61 Å². The highest BCUT2D eigenvalue weighted by Crippen LogP contribution is 2.36. The molecule has 2 nitrogen and oxygen atoms in total. The van der Waals surface area contributed by atoms with Crippen LogP contribution < -0.4 is 0 Å². The molecule has 1 saturated heterocycles. The van der Waals surface area contributed by atoms with E-state index in [2.05, 4.69) is 13.0 Å².